The first-order valence-corrected chi connectivity index (χ1v) is 6.68. The lowest BCUT2D eigenvalue weighted by molar-refractivity contribution is 0.333. The van der Waals surface area contributed by atoms with Crippen molar-refractivity contribution in [1.82, 2.24) is 19.7 Å². The third-order valence-electron chi connectivity index (χ3n) is 3.32. The smallest absolute Gasteiger partial charge is 0.348 e. The molecule has 2 rings (SSSR count). The first kappa shape index (κ1) is 15.1. The van der Waals surface area contributed by atoms with Crippen LogP contribution in [0.4, 0.5) is 0 Å². The van der Waals surface area contributed by atoms with Crippen molar-refractivity contribution in [2.45, 2.75) is 13.5 Å². The van der Waals surface area contributed by atoms with E-state index in [0.29, 0.717) is 29.6 Å². The van der Waals surface area contributed by atoms with Crippen molar-refractivity contribution >= 4 is 0 Å². The second-order valence-electron chi connectivity index (χ2n) is 4.65. The van der Waals surface area contributed by atoms with E-state index in [1.165, 1.54) is 4.57 Å². The molecular formula is C14H20N4O3. The third-order valence-corrected chi connectivity index (χ3v) is 3.32. The molecule has 0 saturated heterocycles. The lowest BCUT2D eigenvalue weighted by Gasteiger charge is -2.15. The lowest BCUT2D eigenvalue weighted by atomic mass is 10.2. The van der Waals surface area contributed by atoms with Crippen LogP contribution in [0.15, 0.2) is 23.0 Å². The molecule has 1 aromatic heterocycles. The van der Waals surface area contributed by atoms with Crippen LogP contribution in [0.25, 0.3) is 5.69 Å². The molecule has 1 heterocycles. The molecule has 0 unspecified atom stereocenters. The maximum atomic E-state index is 12.1. The Labute approximate surface area is 123 Å². The molecule has 7 nitrogen and oxygen atoms in total. The summed E-state index contributed by atoms with van der Waals surface area (Å²) in [5.41, 5.74) is 0.302. The molecule has 0 amide bonds. The third kappa shape index (κ3) is 3.08. The van der Waals surface area contributed by atoms with Crippen molar-refractivity contribution in [1.29, 1.82) is 0 Å². The van der Waals surface area contributed by atoms with E-state index in [1.807, 2.05) is 14.0 Å². The summed E-state index contributed by atoms with van der Waals surface area (Å²) in [6.07, 6.45) is 0. The van der Waals surface area contributed by atoms with E-state index in [4.69, 9.17) is 9.47 Å². The van der Waals surface area contributed by atoms with Crippen LogP contribution in [0.2, 0.25) is 0 Å². The zero-order valence-electron chi connectivity index (χ0n) is 12.7. The van der Waals surface area contributed by atoms with Crippen LogP contribution in [-0.4, -0.2) is 47.5 Å². The molecule has 0 radical (unpaired) electrons. The molecule has 2 aromatic rings. The Kier molecular flexibility index (Phi) is 4.64. The van der Waals surface area contributed by atoms with Gasteiger partial charge in [-0.3, -0.25) is 4.90 Å². The number of aromatic amines is 1. The standard InChI is InChI=1S/C14H20N4O3/c1-5-17(2)9-13-15-16-14(19)18(13)11-8-10(20-3)6-7-12(11)21-4/h6-8H,5,9H2,1-4H3,(H,16,19). The number of H-pyrrole nitrogens is 1. The van der Waals surface area contributed by atoms with Gasteiger partial charge in [0.15, 0.2) is 5.82 Å². The fourth-order valence-electron chi connectivity index (χ4n) is 2.01. The van der Waals surface area contributed by atoms with Gasteiger partial charge in [0.25, 0.3) is 0 Å². The quantitative estimate of drug-likeness (QED) is 0.861. The summed E-state index contributed by atoms with van der Waals surface area (Å²) in [6, 6.07) is 5.30. The number of nitrogens with zero attached hydrogens (tertiary/aromatic N) is 3. The van der Waals surface area contributed by atoms with Gasteiger partial charge in [-0.25, -0.2) is 14.5 Å². The average Bonchev–Trinajstić information content (AvgIpc) is 2.86. The van der Waals surface area contributed by atoms with Crippen molar-refractivity contribution < 1.29 is 9.47 Å². The van der Waals surface area contributed by atoms with Crippen molar-refractivity contribution in [3.8, 4) is 17.2 Å². The van der Waals surface area contributed by atoms with Crippen molar-refractivity contribution in [3.63, 3.8) is 0 Å². The fourth-order valence-corrected chi connectivity index (χ4v) is 2.01. The van der Waals surface area contributed by atoms with Gasteiger partial charge in [0.2, 0.25) is 0 Å². The molecule has 0 aliphatic carbocycles. The number of benzene rings is 1. The summed E-state index contributed by atoms with van der Waals surface area (Å²) in [5.74, 6) is 1.85. The first-order valence-electron chi connectivity index (χ1n) is 6.68. The second-order valence-corrected chi connectivity index (χ2v) is 4.65. The minimum Gasteiger partial charge on any atom is -0.497 e. The zero-order chi connectivity index (χ0) is 15.4. The molecule has 114 valence electrons. The van der Waals surface area contributed by atoms with Gasteiger partial charge in [-0.15, -0.1) is 0 Å². The minimum atomic E-state index is -0.305. The van der Waals surface area contributed by atoms with E-state index < -0.39 is 0 Å². The molecule has 0 aliphatic rings. The van der Waals surface area contributed by atoms with Gasteiger partial charge in [-0.1, -0.05) is 6.92 Å². The van der Waals surface area contributed by atoms with Crippen LogP contribution in [-0.2, 0) is 6.54 Å². The summed E-state index contributed by atoms with van der Waals surface area (Å²) >= 11 is 0. The van der Waals surface area contributed by atoms with E-state index in [-0.39, 0.29) is 5.69 Å². The highest BCUT2D eigenvalue weighted by Crippen LogP contribution is 2.27. The molecule has 7 heteroatoms. The number of hydrogen-bond donors (Lipinski definition) is 1. The molecule has 21 heavy (non-hydrogen) atoms. The molecule has 0 fully saturated rings. The predicted molar refractivity (Wildman–Crippen MR) is 79.3 cm³/mol. The Bertz CT molecular complexity index is 662. The monoisotopic (exact) mass is 292 g/mol. The second kappa shape index (κ2) is 6.45. The van der Waals surface area contributed by atoms with Gasteiger partial charge in [-0.2, -0.15) is 5.10 Å². The molecule has 0 saturated carbocycles. The first-order chi connectivity index (χ1) is 10.1. The Morgan fingerprint density at radius 1 is 1.33 bits per heavy atom. The molecule has 1 N–H and O–H groups in total. The minimum absolute atomic E-state index is 0.305. The van der Waals surface area contributed by atoms with Crippen molar-refractivity contribution in [2.24, 2.45) is 0 Å². The van der Waals surface area contributed by atoms with E-state index in [0.717, 1.165) is 6.54 Å². The van der Waals surface area contributed by atoms with Crippen LogP contribution in [0.1, 0.15) is 12.7 Å². The van der Waals surface area contributed by atoms with E-state index in [1.54, 1.807) is 32.4 Å². The zero-order valence-corrected chi connectivity index (χ0v) is 12.7. The predicted octanol–water partition coefficient (Wildman–Crippen LogP) is 1.03. The van der Waals surface area contributed by atoms with Crippen LogP contribution in [0.5, 0.6) is 11.5 Å². The highest BCUT2D eigenvalue weighted by Gasteiger charge is 2.16. The SMILES string of the molecule is CCN(C)Cc1n[nH]c(=O)n1-c1cc(OC)ccc1OC. The fraction of sp³-hybridized carbons (Fsp3) is 0.429. The average molecular weight is 292 g/mol. The normalized spacial score (nSPS) is 10.9. The Morgan fingerprint density at radius 2 is 2.10 bits per heavy atom. The molecule has 1 aromatic carbocycles. The van der Waals surface area contributed by atoms with Gasteiger partial charge < -0.3 is 9.47 Å². The van der Waals surface area contributed by atoms with Crippen molar-refractivity contribution in [3.05, 3.63) is 34.5 Å². The molecule has 0 aliphatic heterocycles. The summed E-state index contributed by atoms with van der Waals surface area (Å²) < 4.78 is 12.1. The van der Waals surface area contributed by atoms with E-state index >= 15 is 0 Å². The van der Waals surface area contributed by atoms with Crippen molar-refractivity contribution in [2.75, 3.05) is 27.8 Å². The summed E-state index contributed by atoms with van der Waals surface area (Å²) in [7, 11) is 5.11. The maximum absolute atomic E-state index is 12.1. The summed E-state index contributed by atoms with van der Waals surface area (Å²) in [6.45, 7) is 3.45. The van der Waals surface area contributed by atoms with Gasteiger partial charge in [0.1, 0.15) is 11.5 Å². The number of rotatable bonds is 6. The molecule has 0 bridgehead atoms. The molecule has 0 atom stereocenters. The maximum Gasteiger partial charge on any atom is 0.348 e. The lowest BCUT2D eigenvalue weighted by Crippen LogP contribution is -2.23. The van der Waals surface area contributed by atoms with Gasteiger partial charge in [0, 0.05) is 6.07 Å². The van der Waals surface area contributed by atoms with Crippen LogP contribution >= 0.6 is 0 Å². The Hall–Kier alpha value is -2.28. The molecular weight excluding hydrogens is 272 g/mol. The highest BCUT2D eigenvalue weighted by atomic mass is 16.5. The van der Waals surface area contributed by atoms with Gasteiger partial charge in [0.05, 0.1) is 26.5 Å². The van der Waals surface area contributed by atoms with E-state index in [2.05, 4.69) is 15.1 Å². The number of ether oxygens (including phenoxy) is 2. The number of nitrogens with one attached hydrogen (secondary N) is 1. The molecule has 0 spiro atoms. The van der Waals surface area contributed by atoms with Gasteiger partial charge in [-0.05, 0) is 25.7 Å². The number of aromatic nitrogens is 3. The van der Waals surface area contributed by atoms with Crippen LogP contribution in [0, 0.1) is 0 Å². The highest BCUT2D eigenvalue weighted by molar-refractivity contribution is 5.51. The van der Waals surface area contributed by atoms with Gasteiger partial charge >= 0.3 is 5.69 Å². The topological polar surface area (TPSA) is 72.4 Å². The van der Waals surface area contributed by atoms with Crippen LogP contribution in [0.3, 0.4) is 0 Å². The Morgan fingerprint density at radius 3 is 2.71 bits per heavy atom. The van der Waals surface area contributed by atoms with Crippen LogP contribution < -0.4 is 15.2 Å². The number of methoxy groups -OCH3 is 2. The largest absolute Gasteiger partial charge is 0.497 e. The Balaban J connectivity index is 2.55. The summed E-state index contributed by atoms with van der Waals surface area (Å²) in [4.78, 5) is 14.2. The number of hydrogen-bond acceptors (Lipinski definition) is 5. The van der Waals surface area contributed by atoms with E-state index in [9.17, 15) is 4.79 Å². The summed E-state index contributed by atoms with van der Waals surface area (Å²) in [5, 5.41) is 6.59.